The lowest BCUT2D eigenvalue weighted by atomic mass is 10.0. The number of hydrogen-bond donors (Lipinski definition) is 1. The highest BCUT2D eigenvalue weighted by atomic mass is 16.5. The maximum atomic E-state index is 13.0. The Hall–Kier alpha value is -3.64. The van der Waals surface area contributed by atoms with Crippen molar-refractivity contribution in [1.29, 1.82) is 0 Å². The number of para-hydroxylation sites is 2. The van der Waals surface area contributed by atoms with Crippen LogP contribution in [0.3, 0.4) is 0 Å². The Kier molecular flexibility index (Phi) is 6.52. The van der Waals surface area contributed by atoms with Gasteiger partial charge in [-0.25, -0.2) is 4.98 Å². The van der Waals surface area contributed by atoms with E-state index in [2.05, 4.69) is 4.98 Å². The Morgan fingerprint density at radius 1 is 1.06 bits per heavy atom. The first-order valence-electron chi connectivity index (χ1n) is 10.6. The summed E-state index contributed by atoms with van der Waals surface area (Å²) in [5, 5.41) is 10.7. The summed E-state index contributed by atoms with van der Waals surface area (Å²) in [7, 11) is 1.56. The molecule has 6 heteroatoms. The molecule has 0 aliphatic carbocycles. The van der Waals surface area contributed by atoms with Crippen LogP contribution in [0.2, 0.25) is 0 Å². The summed E-state index contributed by atoms with van der Waals surface area (Å²) in [6, 6.07) is 22.0. The Morgan fingerprint density at radius 3 is 2.56 bits per heavy atom. The number of aromatic nitrogens is 2. The van der Waals surface area contributed by atoms with E-state index in [1.165, 1.54) is 0 Å². The molecule has 0 spiro atoms. The predicted octanol–water partition coefficient (Wildman–Crippen LogP) is 4.28. The molecule has 32 heavy (non-hydrogen) atoms. The van der Waals surface area contributed by atoms with E-state index in [1.807, 2.05) is 54.0 Å². The third-order valence-corrected chi connectivity index (χ3v) is 5.34. The first-order chi connectivity index (χ1) is 15.6. The van der Waals surface area contributed by atoms with E-state index in [1.54, 1.807) is 37.4 Å². The predicted molar refractivity (Wildman–Crippen MR) is 123 cm³/mol. The van der Waals surface area contributed by atoms with Gasteiger partial charge in [-0.05, 0) is 24.3 Å². The van der Waals surface area contributed by atoms with Gasteiger partial charge in [0.05, 0.1) is 30.3 Å². The SMILES string of the molecule is CCc1nc2ccccc2n1C[C@@H](O)COc1cc(OC)ccc1C(=O)c1ccccc1. The van der Waals surface area contributed by atoms with Crippen LogP contribution in [-0.2, 0) is 13.0 Å². The summed E-state index contributed by atoms with van der Waals surface area (Å²) in [4.78, 5) is 17.6. The Bertz CT molecular complexity index is 1220. The second kappa shape index (κ2) is 9.66. The van der Waals surface area contributed by atoms with Crippen molar-refractivity contribution in [3.63, 3.8) is 0 Å². The van der Waals surface area contributed by atoms with Crippen LogP contribution in [0.4, 0.5) is 0 Å². The first kappa shape index (κ1) is 21.6. The van der Waals surface area contributed by atoms with E-state index in [4.69, 9.17) is 9.47 Å². The third kappa shape index (κ3) is 4.50. The molecule has 0 radical (unpaired) electrons. The number of ether oxygens (including phenoxy) is 2. The van der Waals surface area contributed by atoms with E-state index in [-0.39, 0.29) is 12.4 Å². The number of carbonyl (C=O) groups is 1. The summed E-state index contributed by atoms with van der Waals surface area (Å²) in [5.41, 5.74) is 2.87. The molecule has 4 rings (SSSR count). The monoisotopic (exact) mass is 430 g/mol. The van der Waals surface area contributed by atoms with Crippen molar-refractivity contribution in [2.24, 2.45) is 0 Å². The topological polar surface area (TPSA) is 73.6 Å². The number of ketones is 1. The number of aryl methyl sites for hydroxylation is 1. The minimum atomic E-state index is -0.788. The molecule has 1 N–H and O–H groups in total. The Morgan fingerprint density at radius 2 is 1.81 bits per heavy atom. The van der Waals surface area contributed by atoms with Gasteiger partial charge in [0.1, 0.15) is 30.0 Å². The van der Waals surface area contributed by atoms with E-state index >= 15 is 0 Å². The van der Waals surface area contributed by atoms with E-state index in [0.29, 0.717) is 29.2 Å². The third-order valence-electron chi connectivity index (χ3n) is 5.34. The van der Waals surface area contributed by atoms with Gasteiger partial charge in [0, 0.05) is 18.1 Å². The van der Waals surface area contributed by atoms with Crippen molar-refractivity contribution in [2.75, 3.05) is 13.7 Å². The standard InChI is InChI=1S/C26H26N2O4/c1-3-25-27-22-11-7-8-12-23(22)28(25)16-19(29)17-32-24-15-20(31-2)13-14-21(24)26(30)18-9-5-4-6-10-18/h4-15,19,29H,3,16-17H2,1-2H3/t19-/m1/s1. The molecule has 4 aromatic rings. The van der Waals surface area contributed by atoms with Gasteiger partial charge in [0.15, 0.2) is 5.78 Å². The van der Waals surface area contributed by atoms with Crippen LogP contribution >= 0.6 is 0 Å². The van der Waals surface area contributed by atoms with Gasteiger partial charge in [-0.2, -0.15) is 0 Å². The van der Waals surface area contributed by atoms with Crippen molar-refractivity contribution < 1.29 is 19.4 Å². The Labute approximate surface area is 187 Å². The number of imidazole rings is 1. The van der Waals surface area contributed by atoms with Crippen molar-refractivity contribution >= 4 is 16.8 Å². The maximum absolute atomic E-state index is 13.0. The molecule has 1 atom stereocenters. The lowest BCUT2D eigenvalue weighted by molar-refractivity contribution is 0.0902. The van der Waals surface area contributed by atoms with Gasteiger partial charge < -0.3 is 19.1 Å². The zero-order chi connectivity index (χ0) is 22.5. The van der Waals surface area contributed by atoms with Gasteiger partial charge >= 0.3 is 0 Å². The molecule has 0 unspecified atom stereocenters. The minimum absolute atomic E-state index is 0.0257. The minimum Gasteiger partial charge on any atom is -0.497 e. The maximum Gasteiger partial charge on any atom is 0.196 e. The van der Waals surface area contributed by atoms with Crippen LogP contribution in [0, 0.1) is 0 Å². The van der Waals surface area contributed by atoms with Crippen molar-refractivity contribution in [3.8, 4) is 11.5 Å². The number of carbonyl (C=O) groups excluding carboxylic acids is 1. The first-order valence-corrected chi connectivity index (χ1v) is 10.6. The molecule has 1 heterocycles. The summed E-state index contributed by atoms with van der Waals surface area (Å²) < 4.78 is 13.3. The van der Waals surface area contributed by atoms with Crippen LogP contribution in [0.1, 0.15) is 28.7 Å². The van der Waals surface area contributed by atoms with Crippen LogP contribution in [0.25, 0.3) is 11.0 Å². The van der Waals surface area contributed by atoms with Crippen molar-refractivity contribution in [2.45, 2.75) is 26.0 Å². The van der Waals surface area contributed by atoms with Gasteiger partial charge in [0.25, 0.3) is 0 Å². The molecule has 0 bridgehead atoms. The molecular weight excluding hydrogens is 404 g/mol. The molecule has 3 aromatic carbocycles. The van der Waals surface area contributed by atoms with Crippen LogP contribution in [-0.4, -0.2) is 40.3 Å². The van der Waals surface area contributed by atoms with E-state index in [0.717, 1.165) is 23.3 Å². The summed E-state index contributed by atoms with van der Waals surface area (Å²) in [6.07, 6.45) is -0.0304. The van der Waals surface area contributed by atoms with E-state index in [9.17, 15) is 9.90 Å². The van der Waals surface area contributed by atoms with Gasteiger partial charge in [-0.1, -0.05) is 49.4 Å². The lowest BCUT2D eigenvalue weighted by Gasteiger charge is -2.17. The average molecular weight is 431 g/mol. The summed E-state index contributed by atoms with van der Waals surface area (Å²) in [6.45, 7) is 2.41. The van der Waals surface area contributed by atoms with Crippen molar-refractivity contribution in [1.82, 2.24) is 9.55 Å². The number of fused-ring (bicyclic) bond motifs is 1. The molecule has 0 amide bonds. The molecule has 0 fully saturated rings. The molecule has 0 aliphatic heterocycles. The van der Waals surface area contributed by atoms with Crippen LogP contribution in [0.15, 0.2) is 72.8 Å². The number of aliphatic hydroxyl groups is 1. The fourth-order valence-electron chi connectivity index (χ4n) is 3.73. The number of benzene rings is 3. The van der Waals surface area contributed by atoms with Gasteiger partial charge in [-0.3, -0.25) is 4.79 Å². The second-order valence-electron chi connectivity index (χ2n) is 7.50. The highest BCUT2D eigenvalue weighted by Crippen LogP contribution is 2.27. The fraction of sp³-hybridized carbons (Fsp3) is 0.231. The molecular formula is C26H26N2O4. The number of methoxy groups -OCH3 is 1. The molecule has 0 saturated heterocycles. The van der Waals surface area contributed by atoms with Gasteiger partial charge in [0.2, 0.25) is 0 Å². The smallest absolute Gasteiger partial charge is 0.196 e. The molecule has 164 valence electrons. The van der Waals surface area contributed by atoms with Gasteiger partial charge in [-0.15, -0.1) is 0 Å². The highest BCUT2D eigenvalue weighted by Gasteiger charge is 2.18. The average Bonchev–Trinajstić information content (AvgIpc) is 3.20. The number of nitrogens with zero attached hydrogens (tertiary/aromatic N) is 2. The van der Waals surface area contributed by atoms with Crippen molar-refractivity contribution in [3.05, 3.63) is 89.7 Å². The highest BCUT2D eigenvalue weighted by molar-refractivity contribution is 6.10. The fourth-order valence-corrected chi connectivity index (χ4v) is 3.73. The van der Waals surface area contributed by atoms with Crippen LogP contribution < -0.4 is 9.47 Å². The molecule has 0 saturated carbocycles. The second-order valence-corrected chi connectivity index (χ2v) is 7.50. The lowest BCUT2D eigenvalue weighted by Crippen LogP contribution is -2.25. The normalized spacial score (nSPS) is 12.0. The Balaban J connectivity index is 1.54. The number of hydrogen-bond acceptors (Lipinski definition) is 5. The molecule has 6 nitrogen and oxygen atoms in total. The summed E-state index contributed by atoms with van der Waals surface area (Å²) >= 11 is 0. The molecule has 0 aliphatic rings. The quantitative estimate of drug-likeness (QED) is 0.401. The zero-order valence-electron chi connectivity index (χ0n) is 18.2. The van der Waals surface area contributed by atoms with E-state index < -0.39 is 6.10 Å². The molecule has 1 aromatic heterocycles. The zero-order valence-corrected chi connectivity index (χ0v) is 18.2. The van der Waals surface area contributed by atoms with Crippen LogP contribution in [0.5, 0.6) is 11.5 Å². The number of aliphatic hydroxyl groups excluding tert-OH is 1. The largest absolute Gasteiger partial charge is 0.497 e. The summed E-state index contributed by atoms with van der Waals surface area (Å²) in [5.74, 6) is 1.72. The number of rotatable bonds is 9.